The highest BCUT2D eigenvalue weighted by Gasteiger charge is 2.23. The van der Waals surface area contributed by atoms with Gasteiger partial charge in [0.25, 0.3) is 5.56 Å². The Morgan fingerprint density at radius 3 is 2.61 bits per heavy atom. The number of hydrogen-bond acceptors (Lipinski definition) is 7. The van der Waals surface area contributed by atoms with Crippen LogP contribution < -0.4 is 10.3 Å². The van der Waals surface area contributed by atoms with E-state index in [1.165, 1.54) is 35.9 Å². The second-order valence-corrected chi connectivity index (χ2v) is 8.03. The molecule has 1 aromatic heterocycles. The number of aromatic nitrogens is 2. The van der Waals surface area contributed by atoms with E-state index in [0.717, 1.165) is 13.1 Å². The summed E-state index contributed by atoms with van der Waals surface area (Å²) in [6.07, 6.45) is 0.236. The number of likely N-dealkylation sites (N-methyl/N-ethyl adjacent to an activating group) is 1. The van der Waals surface area contributed by atoms with Gasteiger partial charge in [0.2, 0.25) is 0 Å². The molecule has 1 N–H and O–H groups in total. The summed E-state index contributed by atoms with van der Waals surface area (Å²) in [4.78, 5) is 33.0. The summed E-state index contributed by atoms with van der Waals surface area (Å²) in [6, 6.07) is 9.00. The lowest BCUT2D eigenvalue weighted by molar-refractivity contribution is 0.214. The number of rotatable bonds is 6. The lowest BCUT2D eigenvalue weighted by Gasteiger charge is -2.34. The van der Waals surface area contributed by atoms with Crippen molar-refractivity contribution in [1.82, 2.24) is 19.4 Å². The van der Waals surface area contributed by atoms with Crippen molar-refractivity contribution < 1.29 is 9.13 Å². The normalized spacial score (nSPS) is 14.5. The summed E-state index contributed by atoms with van der Waals surface area (Å²) >= 11 is 0. The van der Waals surface area contributed by atoms with Gasteiger partial charge in [0.15, 0.2) is 11.7 Å². The van der Waals surface area contributed by atoms with Crippen LogP contribution in [0.5, 0.6) is 5.75 Å². The number of piperazine rings is 1. The maximum absolute atomic E-state index is 14.5. The van der Waals surface area contributed by atoms with Crippen molar-refractivity contribution in [3.8, 4) is 5.75 Å². The lowest BCUT2D eigenvalue weighted by atomic mass is 10.1. The lowest BCUT2D eigenvalue weighted by Crippen LogP contribution is -2.48. The number of nitrogens with zero attached hydrogens (tertiary/aromatic N) is 5. The minimum atomic E-state index is -0.423. The number of ether oxygens (including phenoxy) is 1. The zero-order chi connectivity index (χ0) is 23.5. The Balaban J connectivity index is 1.75. The van der Waals surface area contributed by atoms with Gasteiger partial charge in [-0.05, 0) is 48.5 Å². The third-order valence-corrected chi connectivity index (χ3v) is 5.94. The van der Waals surface area contributed by atoms with Crippen LogP contribution in [-0.4, -0.2) is 65.5 Å². The molecule has 1 fully saturated rings. The van der Waals surface area contributed by atoms with Crippen LogP contribution >= 0.6 is 0 Å². The number of halogens is 1. The second kappa shape index (κ2) is 9.45. The van der Waals surface area contributed by atoms with Crippen LogP contribution in [0.25, 0.3) is 10.9 Å². The summed E-state index contributed by atoms with van der Waals surface area (Å²) in [7, 11) is 3.49. The Hall–Kier alpha value is -3.66. The van der Waals surface area contributed by atoms with Gasteiger partial charge in [0.05, 0.1) is 18.0 Å². The average molecular weight is 452 g/mol. The Morgan fingerprint density at radius 1 is 1.18 bits per heavy atom. The van der Waals surface area contributed by atoms with Gasteiger partial charge in [0, 0.05) is 38.8 Å². The first kappa shape index (κ1) is 22.5. The molecular formula is C23H25FN6O3. The number of nitrogens with one attached hydrogen (secondary N) is 1. The van der Waals surface area contributed by atoms with Gasteiger partial charge in [-0.3, -0.25) is 14.8 Å². The van der Waals surface area contributed by atoms with E-state index in [-0.39, 0.29) is 35.9 Å². The highest BCUT2D eigenvalue weighted by molar-refractivity contribution is 5.95. The van der Waals surface area contributed by atoms with Crippen LogP contribution in [0.2, 0.25) is 0 Å². The molecule has 0 aliphatic carbocycles. The van der Waals surface area contributed by atoms with Gasteiger partial charge in [-0.25, -0.2) is 9.37 Å². The SMILES string of the molecule is COc1ccc(CCn2c(C(=N)N3CCN(C)CC3)nc3cc(N=O)ccc3c2=O)c(F)c1. The minimum Gasteiger partial charge on any atom is -0.497 e. The largest absolute Gasteiger partial charge is 0.497 e. The van der Waals surface area contributed by atoms with Crippen LogP contribution in [0, 0.1) is 16.1 Å². The molecule has 0 atom stereocenters. The van der Waals surface area contributed by atoms with Gasteiger partial charge >= 0.3 is 0 Å². The van der Waals surface area contributed by atoms with E-state index in [4.69, 9.17) is 10.1 Å². The zero-order valence-electron chi connectivity index (χ0n) is 18.5. The summed E-state index contributed by atoms with van der Waals surface area (Å²) < 4.78 is 21.0. The van der Waals surface area contributed by atoms with Crippen LogP contribution in [0.1, 0.15) is 11.4 Å². The Labute approximate surface area is 189 Å². The molecule has 9 nitrogen and oxygen atoms in total. The number of methoxy groups -OCH3 is 1. The van der Waals surface area contributed by atoms with E-state index in [2.05, 4.69) is 15.1 Å². The molecule has 2 aromatic carbocycles. The van der Waals surface area contributed by atoms with Crippen molar-refractivity contribution >= 4 is 22.4 Å². The van der Waals surface area contributed by atoms with Crippen LogP contribution in [0.3, 0.4) is 0 Å². The van der Waals surface area contributed by atoms with Gasteiger partial charge in [-0.1, -0.05) is 6.07 Å². The van der Waals surface area contributed by atoms with Crippen molar-refractivity contribution in [3.63, 3.8) is 0 Å². The molecule has 0 saturated carbocycles. The van der Waals surface area contributed by atoms with E-state index in [1.54, 1.807) is 12.1 Å². The van der Waals surface area contributed by atoms with Crippen LogP contribution in [0.15, 0.2) is 46.4 Å². The molecule has 0 bridgehead atoms. The maximum Gasteiger partial charge on any atom is 0.261 e. The van der Waals surface area contributed by atoms with Gasteiger partial charge in [0.1, 0.15) is 17.3 Å². The number of benzene rings is 2. The first-order chi connectivity index (χ1) is 15.9. The third-order valence-electron chi connectivity index (χ3n) is 5.94. The molecule has 1 aliphatic heterocycles. The Bertz CT molecular complexity index is 1270. The van der Waals surface area contributed by atoms with Gasteiger partial charge < -0.3 is 14.5 Å². The average Bonchev–Trinajstić information content (AvgIpc) is 2.83. The minimum absolute atomic E-state index is 0.127. The van der Waals surface area contributed by atoms with E-state index in [9.17, 15) is 14.1 Å². The molecule has 172 valence electrons. The standard InChI is InChI=1S/C23H25FN6O3/c1-28-9-11-29(12-10-28)21(25)22-26-20-13-16(27-32)4-6-18(20)23(31)30(22)8-7-15-3-5-17(33-2)14-19(15)24/h3-6,13-14,25H,7-12H2,1-2H3. The molecular weight excluding hydrogens is 427 g/mol. The monoisotopic (exact) mass is 452 g/mol. The third kappa shape index (κ3) is 4.61. The maximum atomic E-state index is 14.5. The highest BCUT2D eigenvalue weighted by atomic mass is 19.1. The number of aryl methyl sites for hydroxylation is 1. The molecule has 1 saturated heterocycles. The molecule has 0 spiro atoms. The first-order valence-corrected chi connectivity index (χ1v) is 10.6. The Morgan fingerprint density at radius 2 is 1.94 bits per heavy atom. The summed E-state index contributed by atoms with van der Waals surface area (Å²) in [6.45, 7) is 2.98. The first-order valence-electron chi connectivity index (χ1n) is 10.6. The van der Waals surface area contributed by atoms with Crippen molar-refractivity contribution in [2.24, 2.45) is 5.18 Å². The predicted octanol–water partition coefficient (Wildman–Crippen LogP) is 2.76. The molecule has 0 unspecified atom stereocenters. The van der Waals surface area contributed by atoms with Crippen molar-refractivity contribution in [1.29, 1.82) is 5.41 Å². The van der Waals surface area contributed by atoms with Gasteiger partial charge in [-0.2, -0.15) is 0 Å². The molecule has 33 heavy (non-hydrogen) atoms. The number of fused-ring (bicyclic) bond motifs is 1. The molecule has 1 aliphatic rings. The molecule has 2 heterocycles. The summed E-state index contributed by atoms with van der Waals surface area (Å²) in [5.74, 6) is 0.308. The summed E-state index contributed by atoms with van der Waals surface area (Å²) in [5, 5.41) is 12.0. The fourth-order valence-corrected chi connectivity index (χ4v) is 3.92. The fraction of sp³-hybridized carbons (Fsp3) is 0.348. The Kier molecular flexibility index (Phi) is 6.45. The molecule has 0 radical (unpaired) electrons. The van der Waals surface area contributed by atoms with Crippen molar-refractivity contribution in [3.05, 3.63) is 68.9 Å². The van der Waals surface area contributed by atoms with Gasteiger partial charge in [-0.15, -0.1) is 4.91 Å². The molecule has 10 heteroatoms. The smallest absolute Gasteiger partial charge is 0.261 e. The summed E-state index contributed by atoms with van der Waals surface area (Å²) in [5.41, 5.74) is 0.544. The molecule has 0 amide bonds. The predicted molar refractivity (Wildman–Crippen MR) is 124 cm³/mol. The zero-order valence-corrected chi connectivity index (χ0v) is 18.5. The fourth-order valence-electron chi connectivity index (χ4n) is 3.92. The molecule has 4 rings (SSSR count). The highest BCUT2D eigenvalue weighted by Crippen LogP contribution is 2.20. The van der Waals surface area contributed by atoms with Crippen molar-refractivity contribution in [2.75, 3.05) is 40.3 Å². The van der Waals surface area contributed by atoms with Crippen LogP contribution in [-0.2, 0) is 13.0 Å². The second-order valence-electron chi connectivity index (χ2n) is 8.03. The van der Waals surface area contributed by atoms with E-state index in [1.807, 2.05) is 11.9 Å². The number of nitroso groups, excluding NO2 is 1. The number of hydrogen-bond donors (Lipinski definition) is 1. The van der Waals surface area contributed by atoms with E-state index in [0.29, 0.717) is 35.3 Å². The van der Waals surface area contributed by atoms with E-state index >= 15 is 0 Å². The quantitative estimate of drug-likeness (QED) is 0.350. The molecule has 3 aromatic rings. The van der Waals surface area contributed by atoms with Crippen molar-refractivity contribution in [2.45, 2.75) is 13.0 Å². The van der Waals surface area contributed by atoms with Crippen LogP contribution in [0.4, 0.5) is 10.1 Å². The topological polar surface area (TPSA) is 104 Å². The number of amidine groups is 1. The van der Waals surface area contributed by atoms with E-state index < -0.39 is 5.82 Å².